The first-order valence-corrected chi connectivity index (χ1v) is 6.17. The summed E-state index contributed by atoms with van der Waals surface area (Å²) >= 11 is 0. The molecule has 2 rings (SSSR count). The first-order chi connectivity index (χ1) is 7.47. The minimum atomic E-state index is -0.399. The zero-order valence-corrected chi connectivity index (χ0v) is 10.4. The molecule has 0 spiro atoms. The Bertz CT molecular complexity index is 273. The van der Waals surface area contributed by atoms with Gasteiger partial charge >= 0.3 is 5.97 Å². The van der Waals surface area contributed by atoms with Crippen LogP contribution in [0.5, 0.6) is 0 Å². The van der Waals surface area contributed by atoms with Crippen molar-refractivity contribution in [1.29, 1.82) is 0 Å². The first kappa shape index (κ1) is 11.9. The summed E-state index contributed by atoms with van der Waals surface area (Å²) < 4.78 is 5.44. The van der Waals surface area contributed by atoms with E-state index in [0.717, 1.165) is 19.5 Å². The van der Waals surface area contributed by atoms with E-state index in [2.05, 4.69) is 10.6 Å². The van der Waals surface area contributed by atoms with Gasteiger partial charge in [-0.2, -0.15) is 0 Å². The zero-order valence-electron chi connectivity index (χ0n) is 10.4. The molecule has 0 radical (unpaired) electrons. The molecule has 0 aromatic heterocycles. The third-order valence-corrected chi connectivity index (χ3v) is 3.30. The second-order valence-corrected chi connectivity index (χ2v) is 5.78. The van der Waals surface area contributed by atoms with Crippen molar-refractivity contribution in [3.05, 3.63) is 0 Å². The van der Waals surface area contributed by atoms with Crippen LogP contribution < -0.4 is 10.6 Å². The van der Waals surface area contributed by atoms with Crippen molar-refractivity contribution in [2.75, 3.05) is 13.1 Å². The number of nitrogens with one attached hydrogen (secondary N) is 2. The minimum absolute atomic E-state index is 0.114. The van der Waals surface area contributed by atoms with Gasteiger partial charge in [-0.1, -0.05) is 0 Å². The summed E-state index contributed by atoms with van der Waals surface area (Å²) in [6, 6.07) is 0.101. The molecular weight excluding hydrogens is 204 g/mol. The molecule has 92 valence electrons. The molecule has 0 amide bonds. The third-order valence-electron chi connectivity index (χ3n) is 3.30. The molecule has 3 atom stereocenters. The Morgan fingerprint density at radius 1 is 1.19 bits per heavy atom. The predicted molar refractivity (Wildman–Crippen MR) is 62.2 cm³/mol. The Kier molecular flexibility index (Phi) is 3.22. The SMILES string of the molecule is CC(C)(C)OC(=O)C1NCCC2CCNC21. The minimum Gasteiger partial charge on any atom is -0.459 e. The van der Waals surface area contributed by atoms with Crippen molar-refractivity contribution in [2.45, 2.75) is 51.3 Å². The maximum absolute atomic E-state index is 12.0. The highest BCUT2D eigenvalue weighted by atomic mass is 16.6. The molecule has 4 nitrogen and oxygen atoms in total. The van der Waals surface area contributed by atoms with E-state index in [1.165, 1.54) is 6.42 Å². The van der Waals surface area contributed by atoms with Gasteiger partial charge in [0.25, 0.3) is 0 Å². The molecule has 0 aromatic carbocycles. The molecule has 2 heterocycles. The number of carbonyl (C=O) groups is 1. The maximum Gasteiger partial charge on any atom is 0.325 e. The van der Waals surface area contributed by atoms with Crippen molar-refractivity contribution in [3.63, 3.8) is 0 Å². The lowest BCUT2D eigenvalue weighted by Gasteiger charge is -2.34. The monoisotopic (exact) mass is 226 g/mol. The molecule has 2 aliphatic heterocycles. The standard InChI is InChI=1S/C12H22N2O2/c1-12(2,3)16-11(15)10-9-8(4-6-13-9)5-7-14-10/h8-10,13-14H,4-7H2,1-3H3. The lowest BCUT2D eigenvalue weighted by molar-refractivity contribution is -0.159. The molecule has 2 fully saturated rings. The summed E-state index contributed by atoms with van der Waals surface area (Å²) in [4.78, 5) is 12.0. The highest BCUT2D eigenvalue weighted by molar-refractivity contribution is 5.77. The topological polar surface area (TPSA) is 50.4 Å². The molecule has 3 unspecified atom stereocenters. The molecule has 0 aliphatic carbocycles. The summed E-state index contributed by atoms with van der Waals surface area (Å²) in [6.07, 6.45) is 2.35. The van der Waals surface area contributed by atoms with Crippen LogP contribution in [0.1, 0.15) is 33.6 Å². The van der Waals surface area contributed by atoms with Crippen LogP contribution in [0.2, 0.25) is 0 Å². The van der Waals surface area contributed by atoms with Gasteiger partial charge in [0.2, 0.25) is 0 Å². The second-order valence-electron chi connectivity index (χ2n) is 5.78. The molecule has 0 saturated carbocycles. The van der Waals surface area contributed by atoms with Crippen molar-refractivity contribution < 1.29 is 9.53 Å². The molecule has 0 aromatic rings. The molecule has 2 saturated heterocycles. The fraction of sp³-hybridized carbons (Fsp3) is 0.917. The number of hydrogen-bond donors (Lipinski definition) is 2. The number of fused-ring (bicyclic) bond motifs is 1. The van der Waals surface area contributed by atoms with Crippen LogP contribution in [-0.4, -0.2) is 36.7 Å². The van der Waals surface area contributed by atoms with Crippen LogP contribution in [-0.2, 0) is 9.53 Å². The van der Waals surface area contributed by atoms with Gasteiger partial charge in [0.1, 0.15) is 11.6 Å². The van der Waals surface area contributed by atoms with Gasteiger partial charge in [-0.25, -0.2) is 0 Å². The largest absolute Gasteiger partial charge is 0.459 e. The lowest BCUT2D eigenvalue weighted by Crippen LogP contribution is -2.57. The van der Waals surface area contributed by atoms with Gasteiger partial charge in [-0.05, 0) is 52.6 Å². The fourth-order valence-corrected chi connectivity index (χ4v) is 2.64. The maximum atomic E-state index is 12.0. The van der Waals surface area contributed by atoms with Gasteiger partial charge in [0.15, 0.2) is 0 Å². The molecule has 0 bridgehead atoms. The Labute approximate surface area is 97.1 Å². The van der Waals surface area contributed by atoms with Gasteiger partial charge in [-0.3, -0.25) is 4.79 Å². The highest BCUT2D eigenvalue weighted by Gasteiger charge is 2.41. The van der Waals surface area contributed by atoms with Crippen LogP contribution in [0.4, 0.5) is 0 Å². The number of carbonyl (C=O) groups excluding carboxylic acids is 1. The number of hydrogen-bond acceptors (Lipinski definition) is 4. The number of rotatable bonds is 1. The number of piperidine rings is 1. The summed E-state index contributed by atoms with van der Waals surface area (Å²) in [6.45, 7) is 7.68. The third kappa shape index (κ3) is 2.55. The number of esters is 1. The molecule has 2 N–H and O–H groups in total. The van der Waals surface area contributed by atoms with Crippen molar-refractivity contribution >= 4 is 5.97 Å². The van der Waals surface area contributed by atoms with E-state index in [0.29, 0.717) is 5.92 Å². The average Bonchev–Trinajstić information content (AvgIpc) is 2.61. The zero-order chi connectivity index (χ0) is 11.8. The summed E-state index contributed by atoms with van der Waals surface area (Å²) in [7, 11) is 0. The Hall–Kier alpha value is -0.610. The van der Waals surface area contributed by atoms with E-state index < -0.39 is 5.60 Å². The Balaban J connectivity index is 2.00. The Morgan fingerprint density at radius 2 is 1.81 bits per heavy atom. The smallest absolute Gasteiger partial charge is 0.325 e. The molecule has 16 heavy (non-hydrogen) atoms. The summed E-state index contributed by atoms with van der Waals surface area (Å²) in [5.41, 5.74) is -0.399. The van der Waals surface area contributed by atoms with E-state index in [9.17, 15) is 4.79 Å². The van der Waals surface area contributed by atoms with Crippen LogP contribution in [0.25, 0.3) is 0 Å². The van der Waals surface area contributed by atoms with Gasteiger partial charge < -0.3 is 15.4 Å². The quantitative estimate of drug-likeness (QED) is 0.645. The van der Waals surface area contributed by atoms with Gasteiger partial charge in [0.05, 0.1) is 0 Å². The van der Waals surface area contributed by atoms with Crippen LogP contribution in [0.15, 0.2) is 0 Å². The number of ether oxygens (including phenoxy) is 1. The van der Waals surface area contributed by atoms with Crippen LogP contribution >= 0.6 is 0 Å². The van der Waals surface area contributed by atoms with E-state index in [-0.39, 0.29) is 18.1 Å². The van der Waals surface area contributed by atoms with Crippen molar-refractivity contribution in [2.24, 2.45) is 5.92 Å². The lowest BCUT2D eigenvalue weighted by atomic mass is 9.88. The first-order valence-electron chi connectivity index (χ1n) is 6.17. The highest BCUT2D eigenvalue weighted by Crippen LogP contribution is 2.26. The summed E-state index contributed by atoms with van der Waals surface area (Å²) in [5, 5.41) is 6.69. The van der Waals surface area contributed by atoms with E-state index in [1.807, 2.05) is 20.8 Å². The van der Waals surface area contributed by atoms with Gasteiger partial charge in [-0.15, -0.1) is 0 Å². The van der Waals surface area contributed by atoms with E-state index in [1.54, 1.807) is 0 Å². The van der Waals surface area contributed by atoms with Crippen LogP contribution in [0, 0.1) is 5.92 Å². The normalized spacial score (nSPS) is 34.6. The van der Waals surface area contributed by atoms with E-state index >= 15 is 0 Å². The van der Waals surface area contributed by atoms with Crippen LogP contribution in [0.3, 0.4) is 0 Å². The average molecular weight is 226 g/mol. The molecule has 2 aliphatic rings. The van der Waals surface area contributed by atoms with Crippen molar-refractivity contribution in [3.8, 4) is 0 Å². The second kappa shape index (κ2) is 4.34. The van der Waals surface area contributed by atoms with Crippen molar-refractivity contribution in [1.82, 2.24) is 10.6 Å². The Morgan fingerprint density at radius 3 is 2.44 bits per heavy atom. The summed E-state index contributed by atoms with van der Waals surface area (Å²) in [5.74, 6) is 0.523. The van der Waals surface area contributed by atoms with E-state index in [4.69, 9.17) is 4.74 Å². The molecule has 4 heteroatoms. The predicted octanol–water partition coefficient (Wildman–Crippen LogP) is 0.668. The van der Waals surface area contributed by atoms with Gasteiger partial charge in [0, 0.05) is 6.04 Å². The fourth-order valence-electron chi connectivity index (χ4n) is 2.64. The molecular formula is C12H22N2O2.